The summed E-state index contributed by atoms with van der Waals surface area (Å²) in [4.78, 5) is 10.9. The monoisotopic (exact) mass is 247 g/mol. The molecule has 18 heavy (non-hydrogen) atoms. The van der Waals surface area contributed by atoms with Gasteiger partial charge in [-0.05, 0) is 18.1 Å². The van der Waals surface area contributed by atoms with Gasteiger partial charge in [-0.2, -0.15) is 0 Å². The largest absolute Gasteiger partial charge is 0.484 e. The Bertz CT molecular complexity index is 452. The lowest BCUT2D eigenvalue weighted by atomic mass is 9.92. The van der Waals surface area contributed by atoms with E-state index in [0.717, 1.165) is 11.3 Å². The summed E-state index contributed by atoms with van der Waals surface area (Å²) in [5.74, 6) is -0.0853. The summed E-state index contributed by atoms with van der Waals surface area (Å²) in [6, 6.07) is 7.68. The number of nitrogens with one attached hydrogen (secondary N) is 1. The van der Waals surface area contributed by atoms with Crippen LogP contribution in [0, 0.1) is 0 Å². The van der Waals surface area contributed by atoms with Crippen molar-refractivity contribution in [2.75, 3.05) is 13.1 Å². The zero-order valence-electron chi connectivity index (χ0n) is 10.2. The van der Waals surface area contributed by atoms with E-state index in [1.807, 2.05) is 30.3 Å². The van der Waals surface area contributed by atoms with Gasteiger partial charge in [-0.3, -0.25) is 4.79 Å². The zero-order valence-corrected chi connectivity index (χ0v) is 10.2. The van der Waals surface area contributed by atoms with Crippen LogP contribution in [0.1, 0.15) is 12.0 Å². The summed E-state index contributed by atoms with van der Waals surface area (Å²) in [7, 11) is 0. The van der Waals surface area contributed by atoms with Crippen molar-refractivity contribution in [1.82, 2.24) is 5.32 Å². The Morgan fingerprint density at radius 2 is 2.22 bits per heavy atom. The SMILES string of the molecule is C=CCc1ccccc1OC1(CC(=O)O)CNC1. The summed E-state index contributed by atoms with van der Waals surface area (Å²) >= 11 is 0. The van der Waals surface area contributed by atoms with E-state index in [4.69, 9.17) is 9.84 Å². The maximum Gasteiger partial charge on any atom is 0.307 e. The van der Waals surface area contributed by atoms with Crippen LogP contribution in [0.25, 0.3) is 0 Å². The molecular weight excluding hydrogens is 230 g/mol. The van der Waals surface area contributed by atoms with Crippen molar-refractivity contribution in [2.45, 2.75) is 18.4 Å². The Hall–Kier alpha value is -1.81. The van der Waals surface area contributed by atoms with Gasteiger partial charge in [-0.25, -0.2) is 0 Å². The van der Waals surface area contributed by atoms with E-state index >= 15 is 0 Å². The molecule has 4 nitrogen and oxygen atoms in total. The third-order valence-corrected chi connectivity index (χ3v) is 3.03. The normalized spacial score (nSPS) is 16.7. The van der Waals surface area contributed by atoms with Crippen LogP contribution in [0.5, 0.6) is 5.75 Å². The highest BCUT2D eigenvalue weighted by Crippen LogP contribution is 2.28. The van der Waals surface area contributed by atoms with Crippen molar-refractivity contribution in [1.29, 1.82) is 0 Å². The zero-order chi connectivity index (χ0) is 13.0. The minimum absolute atomic E-state index is 0.0163. The van der Waals surface area contributed by atoms with E-state index in [-0.39, 0.29) is 6.42 Å². The predicted octanol–water partition coefficient (Wildman–Crippen LogP) is 1.61. The standard InChI is InChI=1S/C14H17NO3/c1-2-5-11-6-3-4-7-12(11)18-14(8-13(16)17)9-15-10-14/h2-4,6-7,15H,1,5,8-10H2,(H,16,17). The van der Waals surface area contributed by atoms with Gasteiger partial charge in [0.05, 0.1) is 6.42 Å². The summed E-state index contributed by atoms with van der Waals surface area (Å²) in [5.41, 5.74) is 0.424. The molecule has 0 radical (unpaired) electrons. The van der Waals surface area contributed by atoms with Crippen LogP contribution in [0.4, 0.5) is 0 Å². The van der Waals surface area contributed by atoms with E-state index in [0.29, 0.717) is 19.5 Å². The number of benzene rings is 1. The highest BCUT2D eigenvalue weighted by Gasteiger charge is 2.41. The summed E-state index contributed by atoms with van der Waals surface area (Å²) in [6.45, 7) is 4.86. The number of hydrogen-bond donors (Lipinski definition) is 2. The fraction of sp³-hybridized carbons (Fsp3) is 0.357. The lowest BCUT2D eigenvalue weighted by Gasteiger charge is -2.41. The van der Waals surface area contributed by atoms with Crippen LogP contribution < -0.4 is 10.1 Å². The first-order chi connectivity index (χ1) is 8.65. The quantitative estimate of drug-likeness (QED) is 0.750. The molecule has 1 aliphatic heterocycles. The number of hydrogen-bond acceptors (Lipinski definition) is 3. The molecule has 1 aromatic carbocycles. The molecule has 0 aromatic heterocycles. The van der Waals surface area contributed by atoms with Crippen molar-refractivity contribution in [3.63, 3.8) is 0 Å². The minimum Gasteiger partial charge on any atom is -0.484 e. The lowest BCUT2D eigenvalue weighted by molar-refractivity contribution is -0.143. The van der Waals surface area contributed by atoms with Gasteiger partial charge in [0, 0.05) is 13.1 Å². The van der Waals surface area contributed by atoms with E-state index in [1.54, 1.807) is 0 Å². The van der Waals surface area contributed by atoms with Crippen LogP contribution in [-0.2, 0) is 11.2 Å². The van der Waals surface area contributed by atoms with Crippen molar-refractivity contribution < 1.29 is 14.6 Å². The predicted molar refractivity (Wildman–Crippen MR) is 68.8 cm³/mol. The number of carbonyl (C=O) groups is 1. The third kappa shape index (κ3) is 2.71. The molecule has 0 saturated carbocycles. The average molecular weight is 247 g/mol. The average Bonchev–Trinajstić information content (AvgIpc) is 2.28. The molecular formula is C14H17NO3. The summed E-state index contributed by atoms with van der Waals surface area (Å²) in [5, 5.41) is 12.0. The number of rotatable bonds is 6. The molecule has 1 aromatic rings. The molecule has 2 N–H and O–H groups in total. The number of allylic oxidation sites excluding steroid dienone is 1. The molecule has 96 valence electrons. The number of carboxylic acid groups (broad SMARTS) is 1. The molecule has 1 fully saturated rings. The topological polar surface area (TPSA) is 58.6 Å². The Labute approximate surface area is 106 Å². The Morgan fingerprint density at radius 1 is 1.50 bits per heavy atom. The van der Waals surface area contributed by atoms with Crippen LogP contribution >= 0.6 is 0 Å². The molecule has 1 saturated heterocycles. The van der Waals surface area contributed by atoms with Crippen molar-refractivity contribution in [3.05, 3.63) is 42.5 Å². The number of para-hydroxylation sites is 1. The second-order valence-electron chi connectivity index (χ2n) is 4.56. The number of carboxylic acids is 1. The van der Waals surface area contributed by atoms with Crippen LogP contribution in [-0.4, -0.2) is 29.8 Å². The van der Waals surface area contributed by atoms with Crippen molar-refractivity contribution in [3.8, 4) is 5.75 Å². The molecule has 0 spiro atoms. The van der Waals surface area contributed by atoms with Gasteiger partial charge >= 0.3 is 5.97 Å². The van der Waals surface area contributed by atoms with Gasteiger partial charge < -0.3 is 15.2 Å². The first kappa shape index (κ1) is 12.6. The Balaban J connectivity index is 2.16. The fourth-order valence-electron chi connectivity index (χ4n) is 2.07. The third-order valence-electron chi connectivity index (χ3n) is 3.03. The minimum atomic E-state index is -0.835. The second-order valence-corrected chi connectivity index (χ2v) is 4.56. The molecule has 0 unspecified atom stereocenters. The van der Waals surface area contributed by atoms with Gasteiger partial charge in [-0.1, -0.05) is 24.3 Å². The molecule has 4 heteroatoms. The first-order valence-corrected chi connectivity index (χ1v) is 5.95. The van der Waals surface area contributed by atoms with Gasteiger partial charge in [0.1, 0.15) is 11.4 Å². The Kier molecular flexibility index (Phi) is 3.67. The lowest BCUT2D eigenvalue weighted by Crippen LogP contribution is -2.64. The molecule has 1 heterocycles. The van der Waals surface area contributed by atoms with E-state index < -0.39 is 11.6 Å². The smallest absolute Gasteiger partial charge is 0.307 e. The van der Waals surface area contributed by atoms with Gasteiger partial charge in [0.15, 0.2) is 0 Å². The molecule has 0 atom stereocenters. The molecule has 1 aliphatic rings. The van der Waals surface area contributed by atoms with Crippen LogP contribution in [0.15, 0.2) is 36.9 Å². The molecule has 2 rings (SSSR count). The number of ether oxygens (including phenoxy) is 1. The van der Waals surface area contributed by atoms with Gasteiger partial charge in [0.2, 0.25) is 0 Å². The van der Waals surface area contributed by atoms with E-state index in [2.05, 4.69) is 11.9 Å². The van der Waals surface area contributed by atoms with Gasteiger partial charge in [-0.15, -0.1) is 6.58 Å². The van der Waals surface area contributed by atoms with Crippen LogP contribution in [0.3, 0.4) is 0 Å². The Morgan fingerprint density at radius 3 is 2.78 bits per heavy atom. The van der Waals surface area contributed by atoms with Crippen molar-refractivity contribution in [2.24, 2.45) is 0 Å². The first-order valence-electron chi connectivity index (χ1n) is 5.95. The highest BCUT2D eigenvalue weighted by atomic mass is 16.5. The number of aliphatic carboxylic acids is 1. The fourth-order valence-corrected chi connectivity index (χ4v) is 2.07. The summed E-state index contributed by atoms with van der Waals surface area (Å²) in [6.07, 6.45) is 2.54. The maximum atomic E-state index is 10.9. The van der Waals surface area contributed by atoms with Gasteiger partial charge in [0.25, 0.3) is 0 Å². The molecule has 0 aliphatic carbocycles. The maximum absolute atomic E-state index is 10.9. The molecule has 0 bridgehead atoms. The summed E-state index contributed by atoms with van der Waals surface area (Å²) < 4.78 is 5.94. The van der Waals surface area contributed by atoms with Crippen LogP contribution in [0.2, 0.25) is 0 Å². The van der Waals surface area contributed by atoms with E-state index in [1.165, 1.54) is 0 Å². The van der Waals surface area contributed by atoms with Crippen molar-refractivity contribution >= 4 is 5.97 Å². The molecule has 0 amide bonds. The highest BCUT2D eigenvalue weighted by molar-refractivity contribution is 5.68. The second kappa shape index (κ2) is 5.23. The van der Waals surface area contributed by atoms with E-state index in [9.17, 15) is 4.79 Å².